The van der Waals surface area contributed by atoms with Gasteiger partial charge in [-0.25, -0.2) is 4.98 Å². The van der Waals surface area contributed by atoms with Gasteiger partial charge in [0.25, 0.3) is 11.1 Å². The number of carbonyl (C=O) groups is 1. The maximum absolute atomic E-state index is 12.4. The minimum absolute atomic E-state index is 0.0450. The molecule has 4 aromatic rings. The largest absolute Gasteiger partial charge is 0.484 e. The van der Waals surface area contributed by atoms with Crippen LogP contribution in [0.1, 0.15) is 10.9 Å². The number of rotatable bonds is 8. The van der Waals surface area contributed by atoms with Gasteiger partial charge in [0.1, 0.15) is 10.8 Å². The Kier molecular flexibility index (Phi) is 6.51. The number of fused-ring (bicyclic) bond motifs is 1. The van der Waals surface area contributed by atoms with Gasteiger partial charge in [0.05, 0.1) is 22.5 Å². The van der Waals surface area contributed by atoms with Crippen molar-refractivity contribution in [1.29, 1.82) is 0 Å². The Morgan fingerprint density at radius 2 is 2.00 bits per heavy atom. The summed E-state index contributed by atoms with van der Waals surface area (Å²) in [4.78, 5) is 18.6. The minimum atomic E-state index is -0.0450. The second kappa shape index (κ2) is 9.46. The first-order chi connectivity index (χ1) is 14.6. The van der Waals surface area contributed by atoms with Gasteiger partial charge >= 0.3 is 0 Å². The number of halogens is 1. The van der Waals surface area contributed by atoms with Crippen LogP contribution in [-0.4, -0.2) is 38.8 Å². The van der Waals surface area contributed by atoms with E-state index in [-0.39, 0.29) is 18.3 Å². The number of ether oxygens (including phenoxy) is 1. The van der Waals surface area contributed by atoms with E-state index in [1.54, 1.807) is 47.5 Å². The summed E-state index contributed by atoms with van der Waals surface area (Å²) in [5, 5.41) is 9.75. The van der Waals surface area contributed by atoms with Crippen LogP contribution in [0.15, 0.2) is 58.2 Å². The fourth-order valence-corrected chi connectivity index (χ4v) is 4.41. The lowest BCUT2D eigenvalue weighted by molar-refractivity contribution is -0.127. The summed E-state index contributed by atoms with van der Waals surface area (Å²) in [5.74, 6) is 1.14. The Balaban J connectivity index is 1.25. The fraction of sp³-hybridized carbons (Fsp3) is 0.200. The van der Waals surface area contributed by atoms with Gasteiger partial charge in [-0.3, -0.25) is 4.79 Å². The number of benzene rings is 2. The smallest absolute Gasteiger partial charge is 0.277 e. The lowest BCUT2D eigenvalue weighted by Gasteiger charge is -2.14. The third-order valence-electron chi connectivity index (χ3n) is 4.08. The lowest BCUT2D eigenvalue weighted by atomic mass is 10.3. The highest BCUT2D eigenvalue weighted by Gasteiger charge is 2.15. The highest BCUT2D eigenvalue weighted by Crippen LogP contribution is 2.23. The van der Waals surface area contributed by atoms with E-state index in [0.717, 1.165) is 15.2 Å². The van der Waals surface area contributed by atoms with Gasteiger partial charge in [-0.1, -0.05) is 35.5 Å². The summed E-state index contributed by atoms with van der Waals surface area (Å²) in [6.45, 7) is 0.601. The molecule has 0 saturated carbocycles. The fourth-order valence-electron chi connectivity index (χ4n) is 2.54. The van der Waals surface area contributed by atoms with Gasteiger partial charge in [0.2, 0.25) is 5.91 Å². The van der Waals surface area contributed by atoms with Crippen LogP contribution in [0, 0.1) is 0 Å². The molecular formula is C20H17ClN4O3S2. The van der Waals surface area contributed by atoms with Crippen LogP contribution in [0.5, 0.6) is 5.75 Å². The van der Waals surface area contributed by atoms with E-state index in [0.29, 0.717) is 28.4 Å². The molecule has 10 heteroatoms. The summed E-state index contributed by atoms with van der Waals surface area (Å²) in [6, 6.07) is 14.9. The minimum Gasteiger partial charge on any atom is -0.484 e. The number of thioether (sulfide) groups is 1. The first kappa shape index (κ1) is 20.6. The third kappa shape index (κ3) is 5.29. The van der Waals surface area contributed by atoms with Crippen molar-refractivity contribution < 1.29 is 13.9 Å². The zero-order chi connectivity index (χ0) is 20.9. The van der Waals surface area contributed by atoms with Crippen LogP contribution in [0.2, 0.25) is 5.02 Å². The zero-order valence-electron chi connectivity index (χ0n) is 15.9. The van der Waals surface area contributed by atoms with E-state index in [1.807, 2.05) is 24.3 Å². The Morgan fingerprint density at radius 3 is 2.80 bits per heavy atom. The maximum atomic E-state index is 12.4. The molecular weight excluding hydrogens is 444 g/mol. The number of hydrogen-bond acceptors (Lipinski definition) is 8. The second-order valence-electron chi connectivity index (χ2n) is 6.32. The number of carbonyl (C=O) groups excluding carboxylic acids is 1. The molecule has 2 aromatic carbocycles. The second-order valence-corrected chi connectivity index (χ2v) is 8.80. The van der Waals surface area contributed by atoms with Crippen molar-refractivity contribution in [2.45, 2.75) is 18.4 Å². The standard InChI is InChI=1S/C20H17ClN4O3S2/c1-25(10-18-22-15-4-2-3-5-16(15)30-18)19(26)12-29-20-24-23-17(28-20)11-27-14-8-6-13(21)7-9-14/h2-9H,10-12H2,1H3. The van der Waals surface area contributed by atoms with E-state index in [9.17, 15) is 4.79 Å². The Bertz CT molecular complexity index is 1110. The normalized spacial score (nSPS) is 11.0. The molecule has 0 aliphatic heterocycles. The highest BCUT2D eigenvalue weighted by molar-refractivity contribution is 7.99. The van der Waals surface area contributed by atoms with Gasteiger partial charge in [0, 0.05) is 12.1 Å². The SMILES string of the molecule is CN(Cc1nc2ccccc2s1)C(=O)CSc1nnc(COc2ccc(Cl)cc2)o1. The van der Waals surface area contributed by atoms with Crippen LogP contribution in [0.4, 0.5) is 0 Å². The van der Waals surface area contributed by atoms with Crippen LogP contribution in [0.3, 0.4) is 0 Å². The van der Waals surface area contributed by atoms with E-state index in [4.69, 9.17) is 20.8 Å². The van der Waals surface area contributed by atoms with E-state index < -0.39 is 0 Å². The number of para-hydroxylation sites is 1. The molecule has 0 unspecified atom stereocenters. The predicted molar refractivity (Wildman–Crippen MR) is 117 cm³/mol. The van der Waals surface area contributed by atoms with Crippen molar-refractivity contribution in [3.8, 4) is 5.75 Å². The van der Waals surface area contributed by atoms with Gasteiger partial charge in [-0.15, -0.1) is 21.5 Å². The summed E-state index contributed by atoms with van der Waals surface area (Å²) in [6.07, 6.45) is 0. The molecule has 0 N–H and O–H groups in total. The van der Waals surface area contributed by atoms with Crippen LogP contribution in [-0.2, 0) is 17.9 Å². The van der Waals surface area contributed by atoms with E-state index in [1.165, 1.54) is 11.8 Å². The molecule has 30 heavy (non-hydrogen) atoms. The molecule has 7 nitrogen and oxygen atoms in total. The van der Waals surface area contributed by atoms with Crippen molar-refractivity contribution in [3.05, 3.63) is 64.5 Å². The van der Waals surface area contributed by atoms with Gasteiger partial charge in [0.15, 0.2) is 6.61 Å². The molecule has 0 atom stereocenters. The molecule has 2 heterocycles. The first-order valence-electron chi connectivity index (χ1n) is 8.99. The average Bonchev–Trinajstić information content (AvgIpc) is 3.37. The van der Waals surface area contributed by atoms with Crippen molar-refractivity contribution in [2.75, 3.05) is 12.8 Å². The molecule has 2 aromatic heterocycles. The number of nitrogens with zero attached hydrogens (tertiary/aromatic N) is 4. The summed E-state index contributed by atoms with van der Waals surface area (Å²) >= 11 is 8.63. The van der Waals surface area contributed by atoms with Crippen molar-refractivity contribution in [2.24, 2.45) is 0 Å². The molecule has 1 amide bonds. The van der Waals surface area contributed by atoms with E-state index >= 15 is 0 Å². The monoisotopic (exact) mass is 460 g/mol. The summed E-state index contributed by atoms with van der Waals surface area (Å²) in [7, 11) is 1.76. The topological polar surface area (TPSA) is 81.4 Å². The Morgan fingerprint density at radius 1 is 1.20 bits per heavy atom. The summed E-state index contributed by atoms with van der Waals surface area (Å²) in [5.41, 5.74) is 0.951. The highest BCUT2D eigenvalue weighted by atomic mass is 35.5. The molecule has 0 spiro atoms. The number of aromatic nitrogens is 3. The molecule has 0 fully saturated rings. The third-order valence-corrected chi connectivity index (χ3v) is 6.16. The Hall–Kier alpha value is -2.62. The molecule has 0 aliphatic carbocycles. The molecule has 154 valence electrons. The zero-order valence-corrected chi connectivity index (χ0v) is 18.3. The number of amides is 1. The first-order valence-corrected chi connectivity index (χ1v) is 11.2. The number of hydrogen-bond donors (Lipinski definition) is 0. The van der Waals surface area contributed by atoms with Gasteiger partial charge in [-0.2, -0.15) is 0 Å². The molecule has 0 bridgehead atoms. The molecule has 0 saturated heterocycles. The van der Waals surface area contributed by atoms with Gasteiger partial charge < -0.3 is 14.1 Å². The van der Waals surface area contributed by atoms with Crippen LogP contribution >= 0.6 is 34.7 Å². The molecule has 0 aliphatic rings. The van der Waals surface area contributed by atoms with Crippen LogP contribution < -0.4 is 4.74 Å². The maximum Gasteiger partial charge on any atom is 0.277 e. The molecule has 4 rings (SSSR count). The summed E-state index contributed by atoms with van der Waals surface area (Å²) < 4.78 is 12.2. The van der Waals surface area contributed by atoms with Gasteiger partial charge in [-0.05, 0) is 36.4 Å². The van der Waals surface area contributed by atoms with Crippen LogP contribution in [0.25, 0.3) is 10.2 Å². The van der Waals surface area contributed by atoms with E-state index in [2.05, 4.69) is 15.2 Å². The predicted octanol–water partition coefficient (Wildman–Crippen LogP) is 4.66. The van der Waals surface area contributed by atoms with Crippen molar-refractivity contribution in [3.63, 3.8) is 0 Å². The van der Waals surface area contributed by atoms with Crippen molar-refractivity contribution in [1.82, 2.24) is 20.1 Å². The Labute approximate surface area is 186 Å². The quantitative estimate of drug-likeness (QED) is 0.353. The lowest BCUT2D eigenvalue weighted by Crippen LogP contribution is -2.27. The van der Waals surface area contributed by atoms with Crippen molar-refractivity contribution >= 4 is 50.8 Å². The number of thiazole rings is 1. The molecule has 0 radical (unpaired) electrons. The average molecular weight is 461 g/mol.